The Labute approximate surface area is 133 Å². The Bertz CT molecular complexity index is 681. The van der Waals surface area contributed by atoms with Gasteiger partial charge in [-0.3, -0.25) is 19.8 Å². The van der Waals surface area contributed by atoms with E-state index >= 15 is 0 Å². The smallest absolute Gasteiger partial charge is 0.269 e. The fourth-order valence-corrected chi connectivity index (χ4v) is 2.03. The minimum atomic E-state index is -0.480. The number of hydrogen-bond donors (Lipinski definition) is 1. The first-order valence-corrected chi connectivity index (χ1v) is 7.09. The van der Waals surface area contributed by atoms with Crippen molar-refractivity contribution in [3.8, 4) is 0 Å². The van der Waals surface area contributed by atoms with Crippen molar-refractivity contribution in [2.75, 3.05) is 18.9 Å². The molecule has 1 N–H and O–H groups in total. The molecule has 1 aromatic heterocycles. The van der Waals surface area contributed by atoms with Gasteiger partial charge in [-0.15, -0.1) is 0 Å². The number of non-ortho nitro benzene ring substituents is 1. The molecule has 1 heterocycles. The summed E-state index contributed by atoms with van der Waals surface area (Å²) in [5, 5.41) is 17.2. The number of nitro benzene ring substituents is 1. The first kappa shape index (κ1) is 16.6. The summed E-state index contributed by atoms with van der Waals surface area (Å²) in [5.74, 6) is 0.603. The Balaban J connectivity index is 1.77. The monoisotopic (exact) mass is 318 g/mol. The van der Waals surface area contributed by atoms with E-state index in [1.165, 1.54) is 24.3 Å². The molecule has 0 unspecified atom stereocenters. The van der Waals surface area contributed by atoms with E-state index in [4.69, 9.17) is 4.52 Å². The molecule has 0 bridgehead atoms. The predicted octanol–water partition coefficient (Wildman–Crippen LogP) is 2.35. The van der Waals surface area contributed by atoms with Crippen LogP contribution < -0.4 is 5.32 Å². The van der Waals surface area contributed by atoms with Crippen molar-refractivity contribution in [3.05, 3.63) is 51.9 Å². The van der Waals surface area contributed by atoms with E-state index in [1.54, 1.807) is 0 Å². The molecule has 0 spiro atoms. The van der Waals surface area contributed by atoms with Crippen molar-refractivity contribution in [1.82, 2.24) is 10.1 Å². The van der Waals surface area contributed by atoms with Crippen LogP contribution in [0.3, 0.4) is 0 Å². The molecule has 0 saturated carbocycles. The lowest BCUT2D eigenvalue weighted by Gasteiger charge is -2.14. The minimum Gasteiger partial charge on any atom is -0.361 e. The van der Waals surface area contributed by atoms with Crippen molar-refractivity contribution in [3.63, 3.8) is 0 Å². The lowest BCUT2D eigenvalue weighted by Crippen LogP contribution is -2.24. The van der Waals surface area contributed by atoms with Gasteiger partial charge in [0.1, 0.15) is 5.76 Å². The Morgan fingerprint density at radius 1 is 1.39 bits per heavy atom. The second-order valence-corrected chi connectivity index (χ2v) is 5.27. The van der Waals surface area contributed by atoms with Crippen LogP contribution in [-0.2, 0) is 11.3 Å². The first-order chi connectivity index (χ1) is 10.9. The van der Waals surface area contributed by atoms with Gasteiger partial charge in [-0.2, -0.15) is 0 Å². The standard InChI is InChI=1S/C15H18N4O4/c1-11-9-13(17-23-11)10-18(2)8-7-15(20)16-12-3-5-14(6-4-12)19(21)22/h3-6,9H,7-8,10H2,1-2H3,(H,16,20). The Hall–Kier alpha value is -2.74. The zero-order valence-electron chi connectivity index (χ0n) is 13.0. The molecular weight excluding hydrogens is 300 g/mol. The number of nitro groups is 1. The fraction of sp³-hybridized carbons (Fsp3) is 0.333. The Kier molecular flexibility index (Phi) is 5.42. The average molecular weight is 318 g/mol. The lowest BCUT2D eigenvalue weighted by molar-refractivity contribution is -0.384. The normalized spacial score (nSPS) is 10.7. The van der Waals surface area contributed by atoms with Crippen LogP contribution in [-0.4, -0.2) is 34.5 Å². The Morgan fingerprint density at radius 2 is 2.09 bits per heavy atom. The van der Waals surface area contributed by atoms with Crippen molar-refractivity contribution >= 4 is 17.3 Å². The van der Waals surface area contributed by atoms with Gasteiger partial charge < -0.3 is 9.84 Å². The highest BCUT2D eigenvalue weighted by Gasteiger charge is 2.09. The number of aromatic nitrogens is 1. The van der Waals surface area contributed by atoms with E-state index < -0.39 is 4.92 Å². The summed E-state index contributed by atoms with van der Waals surface area (Å²) in [7, 11) is 1.89. The van der Waals surface area contributed by atoms with E-state index in [0.717, 1.165) is 11.5 Å². The van der Waals surface area contributed by atoms with Gasteiger partial charge in [0, 0.05) is 43.4 Å². The van der Waals surface area contributed by atoms with Gasteiger partial charge in [0.25, 0.3) is 5.69 Å². The van der Waals surface area contributed by atoms with Crippen LogP contribution in [0, 0.1) is 17.0 Å². The predicted molar refractivity (Wildman–Crippen MR) is 83.9 cm³/mol. The van der Waals surface area contributed by atoms with Gasteiger partial charge in [0.15, 0.2) is 0 Å². The van der Waals surface area contributed by atoms with Gasteiger partial charge in [-0.1, -0.05) is 5.16 Å². The zero-order valence-corrected chi connectivity index (χ0v) is 13.0. The molecule has 0 aliphatic carbocycles. The summed E-state index contributed by atoms with van der Waals surface area (Å²) in [6.07, 6.45) is 0.310. The minimum absolute atomic E-state index is 0.00867. The molecule has 2 rings (SSSR count). The quantitative estimate of drug-likeness (QED) is 0.621. The summed E-state index contributed by atoms with van der Waals surface area (Å²) < 4.78 is 4.99. The van der Waals surface area contributed by atoms with Crippen LogP contribution in [0.1, 0.15) is 17.9 Å². The summed E-state index contributed by atoms with van der Waals surface area (Å²) in [4.78, 5) is 23.9. The van der Waals surface area contributed by atoms with Crippen molar-refractivity contribution in [2.45, 2.75) is 19.9 Å². The van der Waals surface area contributed by atoms with Gasteiger partial charge in [-0.25, -0.2) is 0 Å². The number of benzene rings is 1. The van der Waals surface area contributed by atoms with Crippen LogP contribution in [0.5, 0.6) is 0 Å². The summed E-state index contributed by atoms with van der Waals surface area (Å²) in [6.45, 7) is 2.99. The van der Waals surface area contributed by atoms with Crippen molar-refractivity contribution in [1.29, 1.82) is 0 Å². The van der Waals surface area contributed by atoms with Crippen molar-refractivity contribution in [2.24, 2.45) is 0 Å². The average Bonchev–Trinajstić information content (AvgIpc) is 2.91. The summed E-state index contributed by atoms with van der Waals surface area (Å²) >= 11 is 0. The molecule has 0 saturated heterocycles. The van der Waals surface area contributed by atoms with E-state index in [9.17, 15) is 14.9 Å². The molecule has 8 nitrogen and oxygen atoms in total. The molecule has 0 radical (unpaired) electrons. The van der Waals surface area contributed by atoms with Gasteiger partial charge >= 0.3 is 0 Å². The molecule has 23 heavy (non-hydrogen) atoms. The van der Waals surface area contributed by atoms with E-state index in [1.807, 2.05) is 24.9 Å². The molecule has 0 aliphatic rings. The lowest BCUT2D eigenvalue weighted by atomic mass is 10.2. The van der Waals surface area contributed by atoms with E-state index in [-0.39, 0.29) is 11.6 Å². The van der Waals surface area contributed by atoms with Gasteiger partial charge in [0.05, 0.1) is 10.6 Å². The summed E-state index contributed by atoms with van der Waals surface area (Å²) in [6, 6.07) is 7.59. The van der Waals surface area contributed by atoms with E-state index in [0.29, 0.717) is 25.2 Å². The number of anilines is 1. The second-order valence-electron chi connectivity index (χ2n) is 5.27. The fourth-order valence-electron chi connectivity index (χ4n) is 2.03. The number of amides is 1. The largest absolute Gasteiger partial charge is 0.361 e. The molecule has 0 atom stereocenters. The molecule has 0 aliphatic heterocycles. The molecule has 1 amide bonds. The van der Waals surface area contributed by atoms with Crippen LogP contribution >= 0.6 is 0 Å². The highest BCUT2D eigenvalue weighted by molar-refractivity contribution is 5.90. The maximum absolute atomic E-state index is 11.9. The van der Waals surface area contributed by atoms with Crippen LogP contribution in [0.15, 0.2) is 34.9 Å². The van der Waals surface area contributed by atoms with Gasteiger partial charge in [0.2, 0.25) is 5.91 Å². The SMILES string of the molecule is Cc1cc(CN(C)CCC(=O)Nc2ccc([N+](=O)[O-])cc2)no1. The third-order valence-corrected chi connectivity index (χ3v) is 3.19. The van der Waals surface area contributed by atoms with Crippen molar-refractivity contribution < 1.29 is 14.2 Å². The highest BCUT2D eigenvalue weighted by Crippen LogP contribution is 2.15. The molecular formula is C15H18N4O4. The number of nitrogens with zero attached hydrogens (tertiary/aromatic N) is 3. The van der Waals surface area contributed by atoms with Gasteiger partial charge in [-0.05, 0) is 26.1 Å². The third-order valence-electron chi connectivity index (χ3n) is 3.19. The maximum Gasteiger partial charge on any atom is 0.269 e. The van der Waals surface area contributed by atoms with Crippen LogP contribution in [0.2, 0.25) is 0 Å². The third kappa shape index (κ3) is 5.19. The number of carbonyl (C=O) groups is 1. The Morgan fingerprint density at radius 3 is 2.65 bits per heavy atom. The first-order valence-electron chi connectivity index (χ1n) is 7.09. The number of rotatable bonds is 7. The molecule has 122 valence electrons. The molecule has 2 aromatic rings. The number of nitrogens with one attached hydrogen (secondary N) is 1. The second kappa shape index (κ2) is 7.50. The topological polar surface area (TPSA) is 102 Å². The van der Waals surface area contributed by atoms with E-state index in [2.05, 4.69) is 10.5 Å². The molecule has 1 aromatic carbocycles. The highest BCUT2D eigenvalue weighted by atomic mass is 16.6. The number of carbonyl (C=O) groups excluding carboxylic acids is 1. The molecule has 0 fully saturated rings. The zero-order chi connectivity index (χ0) is 16.8. The number of aryl methyl sites for hydroxylation is 1. The molecule has 8 heteroatoms. The van der Waals surface area contributed by atoms with Crippen LogP contribution in [0.4, 0.5) is 11.4 Å². The van der Waals surface area contributed by atoms with Crippen LogP contribution in [0.25, 0.3) is 0 Å². The maximum atomic E-state index is 11.9. The summed E-state index contributed by atoms with van der Waals surface area (Å²) in [5.41, 5.74) is 1.35. The number of hydrogen-bond acceptors (Lipinski definition) is 6.